The molecule has 0 saturated carbocycles. The van der Waals surface area contributed by atoms with E-state index >= 15 is 0 Å². The van der Waals surface area contributed by atoms with Crippen molar-refractivity contribution in [3.8, 4) is 5.75 Å². The number of carbonyl (C=O) groups is 2. The number of aryl methyl sites for hydroxylation is 1. The Morgan fingerprint density at radius 3 is 2.53 bits per heavy atom. The summed E-state index contributed by atoms with van der Waals surface area (Å²) in [6.07, 6.45) is 2.71. The molecule has 4 rings (SSSR count). The van der Waals surface area contributed by atoms with Gasteiger partial charge in [0.2, 0.25) is 0 Å². The topological polar surface area (TPSA) is 67.7 Å². The number of carbonyl (C=O) groups excluding carboxylic acids is 2. The number of halogens is 3. The Hall–Kier alpha value is -3.37. The fourth-order valence-corrected chi connectivity index (χ4v) is 4.67. The third kappa shape index (κ3) is 7.35. The molecule has 1 fully saturated rings. The van der Waals surface area contributed by atoms with E-state index in [2.05, 4.69) is 25.9 Å². The molecule has 1 saturated heterocycles. The fraction of sp³-hybridized carbons (Fsp3) is 0.321. The Bertz CT molecular complexity index is 1290. The summed E-state index contributed by atoms with van der Waals surface area (Å²) < 4.78 is 34.4. The average molecular weight is 587 g/mol. The van der Waals surface area contributed by atoms with Crippen LogP contribution in [0.15, 0.2) is 65.3 Å². The summed E-state index contributed by atoms with van der Waals surface area (Å²) >= 11 is 3.42. The van der Waals surface area contributed by atoms with Crippen LogP contribution in [0.2, 0.25) is 0 Å². The van der Waals surface area contributed by atoms with Crippen LogP contribution >= 0.6 is 15.9 Å². The molecule has 200 valence electrons. The molecular weight excluding hydrogens is 558 g/mol. The Balaban J connectivity index is 1.17. The molecule has 1 aliphatic heterocycles. The molecule has 10 heteroatoms. The van der Waals surface area contributed by atoms with Crippen LogP contribution in [0.4, 0.5) is 8.78 Å². The second-order valence-electron chi connectivity index (χ2n) is 9.02. The van der Waals surface area contributed by atoms with Gasteiger partial charge in [-0.1, -0.05) is 34.1 Å². The lowest BCUT2D eigenvalue weighted by molar-refractivity contribution is 0.0620. The van der Waals surface area contributed by atoms with Crippen molar-refractivity contribution in [3.05, 3.63) is 87.7 Å². The van der Waals surface area contributed by atoms with E-state index < -0.39 is 18.0 Å². The number of aromatic nitrogens is 2. The van der Waals surface area contributed by atoms with Crippen LogP contribution in [-0.2, 0) is 7.05 Å². The van der Waals surface area contributed by atoms with Gasteiger partial charge in [-0.3, -0.25) is 19.2 Å². The molecule has 0 radical (unpaired) electrons. The van der Waals surface area contributed by atoms with E-state index in [-0.39, 0.29) is 11.3 Å². The minimum atomic E-state index is -2.78. The molecule has 1 amide bonds. The van der Waals surface area contributed by atoms with Gasteiger partial charge in [-0.05, 0) is 54.5 Å². The van der Waals surface area contributed by atoms with Crippen molar-refractivity contribution in [1.29, 1.82) is 0 Å². The number of alkyl halides is 2. The van der Waals surface area contributed by atoms with Crippen molar-refractivity contribution in [1.82, 2.24) is 19.6 Å². The molecule has 38 heavy (non-hydrogen) atoms. The zero-order chi connectivity index (χ0) is 27.1. The third-order valence-corrected chi connectivity index (χ3v) is 6.75. The van der Waals surface area contributed by atoms with Crippen molar-refractivity contribution >= 4 is 33.7 Å². The standard InChI is InChI=1S/C28H29BrF2N4O3/c1-33-19-24(26(32-33)27(30)31)28(37)35-15-13-34(14-16-35)12-3-17-38-23-9-7-21(8-10-23)25(36)11-6-20-4-2-5-22(29)18-20/h2,4-11,18-19,27H,3,12-17H2,1H3/b11-6+. The summed E-state index contributed by atoms with van der Waals surface area (Å²) in [6, 6.07) is 14.8. The van der Waals surface area contributed by atoms with E-state index in [9.17, 15) is 18.4 Å². The van der Waals surface area contributed by atoms with E-state index in [0.29, 0.717) is 44.1 Å². The zero-order valence-electron chi connectivity index (χ0n) is 21.0. The van der Waals surface area contributed by atoms with Crippen LogP contribution in [0.5, 0.6) is 5.75 Å². The molecule has 1 aromatic heterocycles. The molecule has 0 aliphatic carbocycles. The zero-order valence-corrected chi connectivity index (χ0v) is 22.6. The summed E-state index contributed by atoms with van der Waals surface area (Å²) in [5.41, 5.74) is 1.03. The predicted octanol–water partition coefficient (Wildman–Crippen LogP) is 5.24. The molecule has 2 aromatic carbocycles. The molecule has 0 atom stereocenters. The maximum Gasteiger partial charge on any atom is 0.282 e. The lowest BCUT2D eigenvalue weighted by Crippen LogP contribution is -2.49. The highest BCUT2D eigenvalue weighted by Crippen LogP contribution is 2.23. The first-order valence-electron chi connectivity index (χ1n) is 12.3. The SMILES string of the molecule is Cn1cc(C(=O)N2CCN(CCCOc3ccc(C(=O)/C=C/c4cccc(Br)c4)cc3)CC2)c(C(F)F)n1. The van der Waals surface area contributed by atoms with Crippen LogP contribution < -0.4 is 4.74 Å². The number of rotatable bonds is 10. The first-order chi connectivity index (χ1) is 18.3. The van der Waals surface area contributed by atoms with Gasteiger partial charge in [0.05, 0.1) is 12.2 Å². The maximum absolute atomic E-state index is 13.2. The van der Waals surface area contributed by atoms with Crippen molar-refractivity contribution in [2.75, 3.05) is 39.3 Å². The van der Waals surface area contributed by atoms with Crippen LogP contribution in [0.3, 0.4) is 0 Å². The molecular formula is C28H29BrF2N4O3. The molecule has 2 heterocycles. The van der Waals surface area contributed by atoms with Crippen LogP contribution in [0.1, 0.15) is 44.8 Å². The summed E-state index contributed by atoms with van der Waals surface area (Å²) in [6.45, 7) is 3.60. The molecule has 0 N–H and O–H groups in total. The molecule has 0 unspecified atom stereocenters. The van der Waals surface area contributed by atoms with Gasteiger partial charge in [-0.2, -0.15) is 5.10 Å². The van der Waals surface area contributed by atoms with Gasteiger partial charge < -0.3 is 9.64 Å². The van der Waals surface area contributed by atoms with Gasteiger partial charge in [-0.25, -0.2) is 8.78 Å². The Morgan fingerprint density at radius 1 is 1.11 bits per heavy atom. The van der Waals surface area contributed by atoms with Gasteiger partial charge in [0.1, 0.15) is 11.4 Å². The quantitative estimate of drug-likeness (QED) is 0.184. The Kier molecular flexibility index (Phi) is 9.41. The van der Waals surface area contributed by atoms with Gasteiger partial charge in [0.15, 0.2) is 5.78 Å². The van der Waals surface area contributed by atoms with Gasteiger partial charge >= 0.3 is 0 Å². The molecule has 1 aliphatic rings. The third-order valence-electron chi connectivity index (χ3n) is 6.26. The largest absolute Gasteiger partial charge is 0.494 e. The summed E-state index contributed by atoms with van der Waals surface area (Å²) in [4.78, 5) is 29.0. The number of ether oxygens (including phenoxy) is 1. The highest BCUT2D eigenvalue weighted by Gasteiger charge is 2.28. The number of allylic oxidation sites excluding steroid dienone is 1. The van der Waals surface area contributed by atoms with Crippen LogP contribution in [0.25, 0.3) is 6.08 Å². The van der Waals surface area contributed by atoms with Crippen molar-refractivity contribution in [2.45, 2.75) is 12.8 Å². The van der Waals surface area contributed by atoms with Crippen LogP contribution in [-0.4, -0.2) is 70.6 Å². The minimum Gasteiger partial charge on any atom is -0.494 e. The summed E-state index contributed by atoms with van der Waals surface area (Å²) in [5.74, 6) is 0.212. The molecule has 7 nitrogen and oxygen atoms in total. The number of amides is 1. The van der Waals surface area contributed by atoms with E-state index in [0.717, 1.165) is 23.0 Å². The van der Waals surface area contributed by atoms with Crippen molar-refractivity contribution in [3.63, 3.8) is 0 Å². The van der Waals surface area contributed by atoms with E-state index in [1.165, 1.54) is 17.9 Å². The van der Waals surface area contributed by atoms with Gasteiger partial charge in [0.25, 0.3) is 12.3 Å². The number of ketones is 1. The number of nitrogens with zero attached hydrogens (tertiary/aromatic N) is 4. The second-order valence-corrected chi connectivity index (χ2v) is 9.93. The Labute approximate surface area is 228 Å². The normalized spacial score (nSPS) is 14.4. The lowest BCUT2D eigenvalue weighted by Gasteiger charge is -2.34. The number of hydrogen-bond donors (Lipinski definition) is 0. The number of piperazine rings is 1. The van der Waals surface area contributed by atoms with Gasteiger partial charge in [-0.15, -0.1) is 0 Å². The summed E-state index contributed by atoms with van der Waals surface area (Å²) in [7, 11) is 1.53. The van der Waals surface area contributed by atoms with E-state index in [1.807, 2.05) is 24.3 Å². The van der Waals surface area contributed by atoms with Gasteiger partial charge in [0, 0.05) is 56.0 Å². The number of hydrogen-bond acceptors (Lipinski definition) is 5. The number of benzene rings is 2. The lowest BCUT2D eigenvalue weighted by atomic mass is 10.1. The average Bonchev–Trinajstić information content (AvgIpc) is 3.32. The van der Waals surface area contributed by atoms with E-state index in [4.69, 9.17) is 4.74 Å². The van der Waals surface area contributed by atoms with Crippen molar-refractivity contribution in [2.24, 2.45) is 7.05 Å². The minimum absolute atomic E-state index is 0.0301. The highest BCUT2D eigenvalue weighted by atomic mass is 79.9. The molecule has 0 spiro atoms. The summed E-state index contributed by atoms with van der Waals surface area (Å²) in [5, 5.41) is 3.73. The molecule has 3 aromatic rings. The van der Waals surface area contributed by atoms with Crippen LogP contribution in [0, 0.1) is 0 Å². The maximum atomic E-state index is 13.2. The van der Waals surface area contributed by atoms with E-state index in [1.54, 1.807) is 41.3 Å². The Morgan fingerprint density at radius 2 is 1.84 bits per heavy atom. The monoisotopic (exact) mass is 586 g/mol. The first-order valence-corrected chi connectivity index (χ1v) is 13.1. The van der Waals surface area contributed by atoms with Crippen molar-refractivity contribution < 1.29 is 23.1 Å². The second kappa shape index (κ2) is 12.9. The first kappa shape index (κ1) is 27.7. The fourth-order valence-electron chi connectivity index (χ4n) is 4.25. The predicted molar refractivity (Wildman–Crippen MR) is 145 cm³/mol. The smallest absolute Gasteiger partial charge is 0.282 e. The highest BCUT2D eigenvalue weighted by molar-refractivity contribution is 9.10. The molecule has 0 bridgehead atoms.